The maximum Gasteiger partial charge on any atom is 0.416 e. The van der Waals surface area contributed by atoms with Crippen LogP contribution in [0.4, 0.5) is 4.79 Å². The van der Waals surface area contributed by atoms with E-state index in [1.54, 1.807) is 6.92 Å². The fourth-order valence-corrected chi connectivity index (χ4v) is 1.68. The summed E-state index contributed by atoms with van der Waals surface area (Å²) in [6, 6.07) is 9.56. The molecule has 18 heavy (non-hydrogen) atoms. The fourth-order valence-electron chi connectivity index (χ4n) is 1.68. The van der Waals surface area contributed by atoms with Crippen molar-refractivity contribution >= 4 is 12.0 Å². The highest BCUT2D eigenvalue weighted by Crippen LogP contribution is 2.09. The molecule has 1 saturated heterocycles. The summed E-state index contributed by atoms with van der Waals surface area (Å²) in [5.74, 6) is -0.353. The number of hydrogen-bond acceptors (Lipinski definition) is 4. The number of carbonyl (C=O) groups is 2. The van der Waals surface area contributed by atoms with E-state index in [2.05, 4.69) is 0 Å². The molecule has 1 aliphatic heterocycles. The zero-order valence-electron chi connectivity index (χ0n) is 10.2. The Balaban J connectivity index is 1.86. The summed E-state index contributed by atoms with van der Waals surface area (Å²) < 4.78 is 10.2. The minimum atomic E-state index is -0.657. The number of rotatable bonds is 4. The van der Waals surface area contributed by atoms with Crippen molar-refractivity contribution in [2.24, 2.45) is 0 Å². The molecule has 1 atom stereocenters. The SMILES string of the molecule is C[C@H](OCc1ccccc1)C(=O)N1CCOC1=O. The maximum atomic E-state index is 11.9. The second kappa shape index (κ2) is 5.64. The molecular formula is C13H15NO4. The van der Waals surface area contributed by atoms with E-state index in [1.807, 2.05) is 30.3 Å². The van der Waals surface area contributed by atoms with Gasteiger partial charge in [0.15, 0.2) is 0 Å². The fraction of sp³-hybridized carbons (Fsp3) is 0.385. The molecule has 0 saturated carbocycles. The predicted octanol–water partition coefficient (Wildman–Crippen LogP) is 1.57. The van der Waals surface area contributed by atoms with Crippen LogP contribution in [0.25, 0.3) is 0 Å². The van der Waals surface area contributed by atoms with E-state index in [1.165, 1.54) is 0 Å². The van der Waals surface area contributed by atoms with Gasteiger partial charge < -0.3 is 9.47 Å². The van der Waals surface area contributed by atoms with E-state index < -0.39 is 12.2 Å². The lowest BCUT2D eigenvalue weighted by molar-refractivity contribution is -0.139. The van der Waals surface area contributed by atoms with Crippen LogP contribution in [0.1, 0.15) is 12.5 Å². The van der Waals surface area contributed by atoms with Crippen molar-refractivity contribution in [2.75, 3.05) is 13.2 Å². The van der Waals surface area contributed by atoms with Crippen LogP contribution < -0.4 is 0 Å². The first-order valence-electron chi connectivity index (χ1n) is 5.82. The summed E-state index contributed by atoms with van der Waals surface area (Å²) in [7, 11) is 0. The highest BCUT2D eigenvalue weighted by molar-refractivity contribution is 5.95. The lowest BCUT2D eigenvalue weighted by atomic mass is 10.2. The molecule has 96 valence electrons. The second-order valence-electron chi connectivity index (χ2n) is 4.04. The summed E-state index contributed by atoms with van der Waals surface area (Å²) in [5, 5.41) is 0. The number of hydrogen-bond donors (Lipinski definition) is 0. The Bertz CT molecular complexity index is 432. The molecule has 0 aromatic heterocycles. The Morgan fingerprint density at radius 1 is 1.44 bits per heavy atom. The number of amides is 2. The number of nitrogens with zero attached hydrogens (tertiary/aromatic N) is 1. The first kappa shape index (κ1) is 12.6. The van der Waals surface area contributed by atoms with Gasteiger partial charge in [0.1, 0.15) is 12.7 Å². The van der Waals surface area contributed by atoms with Crippen molar-refractivity contribution in [2.45, 2.75) is 19.6 Å². The van der Waals surface area contributed by atoms with E-state index in [4.69, 9.17) is 9.47 Å². The zero-order chi connectivity index (χ0) is 13.0. The molecule has 5 nitrogen and oxygen atoms in total. The third-order valence-electron chi connectivity index (χ3n) is 2.72. The summed E-state index contributed by atoms with van der Waals surface area (Å²) in [6.45, 7) is 2.54. The van der Waals surface area contributed by atoms with E-state index in [-0.39, 0.29) is 12.5 Å². The predicted molar refractivity (Wildman–Crippen MR) is 63.8 cm³/mol. The normalized spacial score (nSPS) is 16.5. The molecule has 0 spiro atoms. The van der Waals surface area contributed by atoms with Gasteiger partial charge in [0.05, 0.1) is 13.2 Å². The lowest BCUT2D eigenvalue weighted by Crippen LogP contribution is -2.39. The van der Waals surface area contributed by atoms with Gasteiger partial charge in [-0.25, -0.2) is 9.69 Å². The minimum absolute atomic E-state index is 0.260. The summed E-state index contributed by atoms with van der Waals surface area (Å²) >= 11 is 0. The first-order valence-corrected chi connectivity index (χ1v) is 5.82. The first-order chi connectivity index (χ1) is 8.68. The Labute approximate surface area is 105 Å². The molecule has 1 aromatic carbocycles. The Morgan fingerprint density at radius 2 is 2.17 bits per heavy atom. The zero-order valence-corrected chi connectivity index (χ0v) is 10.2. The molecule has 1 aromatic rings. The standard InChI is InChI=1S/C13H15NO4/c1-10(12(15)14-7-8-17-13(14)16)18-9-11-5-3-2-4-6-11/h2-6,10H,7-9H2,1H3/t10-/m0/s1. The third kappa shape index (κ3) is 2.87. The quantitative estimate of drug-likeness (QED) is 0.812. The molecule has 0 radical (unpaired) electrons. The molecule has 2 amide bonds. The van der Waals surface area contributed by atoms with E-state index in [9.17, 15) is 9.59 Å². The maximum absolute atomic E-state index is 11.9. The van der Waals surface area contributed by atoms with Crippen molar-refractivity contribution in [1.29, 1.82) is 0 Å². The third-order valence-corrected chi connectivity index (χ3v) is 2.72. The van der Waals surface area contributed by atoms with Crippen molar-refractivity contribution in [3.63, 3.8) is 0 Å². The Morgan fingerprint density at radius 3 is 2.78 bits per heavy atom. The van der Waals surface area contributed by atoms with Gasteiger partial charge in [0, 0.05) is 0 Å². The second-order valence-corrected chi connectivity index (χ2v) is 4.04. The van der Waals surface area contributed by atoms with Crippen LogP contribution in [-0.4, -0.2) is 36.2 Å². The lowest BCUT2D eigenvalue weighted by Gasteiger charge is -2.17. The number of cyclic esters (lactones) is 1. The van der Waals surface area contributed by atoms with Crippen molar-refractivity contribution in [1.82, 2.24) is 4.90 Å². The number of imide groups is 1. The summed E-state index contributed by atoms with van der Waals surface area (Å²) in [5.41, 5.74) is 0.987. The van der Waals surface area contributed by atoms with Crippen molar-refractivity contribution < 1.29 is 19.1 Å². The molecule has 5 heteroatoms. The van der Waals surface area contributed by atoms with Gasteiger partial charge in [-0.2, -0.15) is 0 Å². The van der Waals surface area contributed by atoms with Crippen LogP contribution in [0.15, 0.2) is 30.3 Å². The number of carbonyl (C=O) groups excluding carboxylic acids is 2. The summed E-state index contributed by atoms with van der Waals surface area (Å²) in [6.07, 6.45) is -1.24. The molecule has 1 heterocycles. The Hall–Kier alpha value is -1.88. The summed E-state index contributed by atoms with van der Waals surface area (Å²) in [4.78, 5) is 24.2. The molecule has 0 unspecified atom stereocenters. The van der Waals surface area contributed by atoms with Crippen LogP contribution in [-0.2, 0) is 20.9 Å². The largest absolute Gasteiger partial charge is 0.447 e. The topological polar surface area (TPSA) is 55.8 Å². The van der Waals surface area contributed by atoms with Gasteiger partial charge in [-0.15, -0.1) is 0 Å². The van der Waals surface area contributed by atoms with Crippen molar-refractivity contribution in [3.8, 4) is 0 Å². The van der Waals surface area contributed by atoms with Gasteiger partial charge in [0.25, 0.3) is 5.91 Å². The highest BCUT2D eigenvalue weighted by Gasteiger charge is 2.31. The van der Waals surface area contributed by atoms with Crippen LogP contribution in [0.5, 0.6) is 0 Å². The average molecular weight is 249 g/mol. The molecule has 1 fully saturated rings. The average Bonchev–Trinajstić information content (AvgIpc) is 2.82. The monoisotopic (exact) mass is 249 g/mol. The van der Waals surface area contributed by atoms with Gasteiger partial charge in [-0.3, -0.25) is 4.79 Å². The molecule has 0 bridgehead atoms. The Kier molecular flexibility index (Phi) is 3.94. The van der Waals surface area contributed by atoms with Gasteiger partial charge >= 0.3 is 6.09 Å². The van der Waals surface area contributed by atoms with E-state index in [0.29, 0.717) is 13.2 Å². The smallest absolute Gasteiger partial charge is 0.416 e. The highest BCUT2D eigenvalue weighted by atomic mass is 16.6. The number of ether oxygens (including phenoxy) is 2. The van der Waals surface area contributed by atoms with Crippen LogP contribution in [0.3, 0.4) is 0 Å². The molecule has 2 rings (SSSR count). The van der Waals surface area contributed by atoms with E-state index >= 15 is 0 Å². The molecule has 1 aliphatic rings. The molecule has 0 aliphatic carbocycles. The van der Waals surface area contributed by atoms with Gasteiger partial charge in [-0.1, -0.05) is 30.3 Å². The van der Waals surface area contributed by atoms with Crippen LogP contribution in [0.2, 0.25) is 0 Å². The number of benzene rings is 1. The van der Waals surface area contributed by atoms with E-state index in [0.717, 1.165) is 10.5 Å². The molecular weight excluding hydrogens is 234 g/mol. The van der Waals surface area contributed by atoms with Crippen molar-refractivity contribution in [3.05, 3.63) is 35.9 Å². The minimum Gasteiger partial charge on any atom is -0.447 e. The molecule has 0 N–H and O–H groups in total. The van der Waals surface area contributed by atoms with Gasteiger partial charge in [0.2, 0.25) is 0 Å². The van der Waals surface area contributed by atoms with Crippen LogP contribution >= 0.6 is 0 Å². The van der Waals surface area contributed by atoms with Gasteiger partial charge in [-0.05, 0) is 12.5 Å². The van der Waals surface area contributed by atoms with Crippen LogP contribution in [0, 0.1) is 0 Å².